The second-order valence-electron chi connectivity index (χ2n) is 2.68. The molecule has 1 aliphatic heterocycles. The minimum atomic E-state index is -2.08. The molecule has 4 nitrogen and oxygen atoms in total. The van der Waals surface area contributed by atoms with Crippen molar-refractivity contribution >= 4 is 8.03 Å². The molecule has 11 heavy (non-hydrogen) atoms. The quantitative estimate of drug-likeness (QED) is 0.604. The third-order valence-electron chi connectivity index (χ3n) is 1.92. The van der Waals surface area contributed by atoms with Crippen LogP contribution in [0.5, 0.6) is 0 Å². The molecule has 0 aromatic heterocycles. The molecule has 5 heteroatoms. The van der Waals surface area contributed by atoms with Crippen LogP contribution in [0.1, 0.15) is 6.42 Å². The van der Waals surface area contributed by atoms with E-state index in [1.165, 1.54) is 0 Å². The highest BCUT2D eigenvalue weighted by atomic mass is 31.1. The molecule has 0 radical (unpaired) electrons. The summed E-state index contributed by atoms with van der Waals surface area (Å²) in [6.07, 6.45) is 0.814. The highest BCUT2D eigenvalue weighted by Gasteiger charge is 2.33. The predicted octanol–water partition coefficient (Wildman–Crippen LogP) is 0.118. The minimum absolute atomic E-state index is 0.0478. The van der Waals surface area contributed by atoms with E-state index in [-0.39, 0.29) is 24.8 Å². The van der Waals surface area contributed by atoms with Crippen LogP contribution in [-0.4, -0.2) is 35.5 Å². The Bertz CT molecular complexity index is 150. The van der Waals surface area contributed by atoms with Crippen molar-refractivity contribution < 1.29 is 19.3 Å². The molecule has 1 aliphatic rings. The molecule has 1 fully saturated rings. The Morgan fingerprint density at radius 3 is 2.91 bits per heavy atom. The summed E-state index contributed by atoms with van der Waals surface area (Å²) in [7, 11) is -2.08. The lowest BCUT2D eigenvalue weighted by Gasteiger charge is -2.09. The molecule has 0 aromatic carbocycles. The largest absolute Gasteiger partial charge is 0.505 e. The maximum absolute atomic E-state index is 10.4. The minimum Gasteiger partial charge on any atom is -0.394 e. The fourth-order valence-electron chi connectivity index (χ4n) is 1.30. The zero-order valence-electron chi connectivity index (χ0n) is 6.14. The van der Waals surface area contributed by atoms with E-state index in [1.54, 1.807) is 0 Å². The van der Waals surface area contributed by atoms with Crippen LogP contribution >= 0.6 is 8.03 Å². The van der Waals surface area contributed by atoms with E-state index in [0.717, 1.165) is 6.42 Å². The number of aliphatic hydroxyl groups excluding tert-OH is 1. The smallest absolute Gasteiger partial charge is 0.394 e. The predicted molar refractivity (Wildman–Crippen MR) is 39.6 cm³/mol. The molecule has 0 aliphatic carbocycles. The van der Waals surface area contributed by atoms with Gasteiger partial charge in [-0.05, 0) is 11.0 Å². The van der Waals surface area contributed by atoms with E-state index in [4.69, 9.17) is 14.7 Å². The van der Waals surface area contributed by atoms with E-state index < -0.39 is 8.03 Å². The van der Waals surface area contributed by atoms with Crippen molar-refractivity contribution in [1.29, 1.82) is 0 Å². The van der Waals surface area contributed by atoms with Gasteiger partial charge in [0.15, 0.2) is 6.16 Å². The molecule has 3 atom stereocenters. The lowest BCUT2D eigenvalue weighted by atomic mass is 10.1. The second-order valence-corrected chi connectivity index (χ2v) is 3.74. The van der Waals surface area contributed by atoms with Gasteiger partial charge in [0.05, 0.1) is 12.7 Å². The van der Waals surface area contributed by atoms with Gasteiger partial charge in [0, 0.05) is 12.5 Å². The monoisotopic (exact) mass is 179 g/mol. The Kier molecular flexibility index (Phi) is 3.40. The van der Waals surface area contributed by atoms with Crippen LogP contribution in [0, 0.1) is 5.92 Å². The number of rotatable bonds is 3. The highest BCUT2D eigenvalue weighted by Crippen LogP contribution is 2.28. The van der Waals surface area contributed by atoms with Crippen LogP contribution < -0.4 is 0 Å². The summed E-state index contributed by atoms with van der Waals surface area (Å²) < 4.78 is 15.6. The third-order valence-corrected chi connectivity index (χ3v) is 2.70. The first-order valence-electron chi connectivity index (χ1n) is 3.60. The maximum atomic E-state index is 10.4. The normalized spacial score (nSPS) is 32.4. The fraction of sp³-hybridized carbons (Fsp3) is 1.00. The van der Waals surface area contributed by atoms with Gasteiger partial charge >= 0.3 is 8.03 Å². The summed E-state index contributed by atoms with van der Waals surface area (Å²) in [6.45, 7) is 0.549. The van der Waals surface area contributed by atoms with Gasteiger partial charge < -0.3 is 9.84 Å². The van der Waals surface area contributed by atoms with Crippen molar-refractivity contribution in [2.75, 3.05) is 19.4 Å². The van der Waals surface area contributed by atoms with E-state index in [9.17, 15) is 4.57 Å². The van der Waals surface area contributed by atoms with Crippen molar-refractivity contribution in [2.24, 2.45) is 5.92 Å². The van der Waals surface area contributed by atoms with Crippen LogP contribution in [0.4, 0.5) is 0 Å². The van der Waals surface area contributed by atoms with Gasteiger partial charge in [-0.25, -0.2) is 0 Å². The van der Waals surface area contributed by atoms with Crippen molar-refractivity contribution in [3.63, 3.8) is 0 Å². The fourth-order valence-corrected chi connectivity index (χ4v) is 2.12. The zero-order chi connectivity index (χ0) is 8.27. The van der Waals surface area contributed by atoms with Crippen molar-refractivity contribution in [1.82, 2.24) is 0 Å². The molecule has 1 saturated heterocycles. The van der Waals surface area contributed by atoms with E-state index >= 15 is 0 Å². The lowest BCUT2D eigenvalue weighted by molar-refractivity contribution is 0.0434. The van der Waals surface area contributed by atoms with Crippen LogP contribution in [0.2, 0.25) is 0 Å². The summed E-state index contributed by atoms with van der Waals surface area (Å²) in [5.41, 5.74) is 0. The molecule has 1 rings (SSSR count). The molecule has 2 N–H and O–H groups in total. The van der Waals surface area contributed by atoms with Gasteiger partial charge in [0.2, 0.25) is 0 Å². The first-order valence-corrected chi connectivity index (χ1v) is 5.00. The van der Waals surface area contributed by atoms with Gasteiger partial charge in [0.25, 0.3) is 0 Å². The Hall–Kier alpha value is -0.0200. The molecule has 0 amide bonds. The van der Waals surface area contributed by atoms with Crippen LogP contribution in [-0.2, 0) is 9.30 Å². The topological polar surface area (TPSA) is 66.8 Å². The van der Waals surface area contributed by atoms with Crippen LogP contribution in [0.3, 0.4) is 0 Å². The number of hydrogen-bond donors (Lipinski definition) is 2. The van der Waals surface area contributed by atoms with Gasteiger partial charge in [-0.15, -0.1) is 0 Å². The summed E-state index contributed by atoms with van der Waals surface area (Å²) in [4.78, 5) is 8.60. The average molecular weight is 179 g/mol. The van der Waals surface area contributed by atoms with E-state index in [2.05, 4.69) is 0 Å². The van der Waals surface area contributed by atoms with Crippen molar-refractivity contribution in [3.8, 4) is 0 Å². The lowest BCUT2D eigenvalue weighted by Crippen LogP contribution is -2.21. The van der Waals surface area contributed by atoms with Gasteiger partial charge in [0.1, 0.15) is 0 Å². The summed E-state index contributed by atoms with van der Waals surface area (Å²) in [5.74, 6) is 0.0635. The number of ether oxygens (including phenoxy) is 1. The standard InChI is InChI=1S/C6H11O4P/c7-3-6-5(1-2-10-6)4-11(8)9/h5-7H,1-4H2/p+1. The Labute approximate surface area is 66.1 Å². The number of hydrogen-bond acceptors (Lipinski definition) is 3. The maximum Gasteiger partial charge on any atom is 0.505 e. The van der Waals surface area contributed by atoms with Gasteiger partial charge in [-0.2, -0.15) is 4.89 Å². The molecule has 0 bridgehead atoms. The molecule has 1 heterocycles. The zero-order valence-corrected chi connectivity index (χ0v) is 7.04. The molecule has 0 saturated carbocycles. The van der Waals surface area contributed by atoms with E-state index in [0.29, 0.717) is 6.61 Å². The third kappa shape index (κ3) is 2.49. The molecular weight excluding hydrogens is 167 g/mol. The van der Waals surface area contributed by atoms with E-state index in [1.807, 2.05) is 0 Å². The second kappa shape index (κ2) is 4.12. The van der Waals surface area contributed by atoms with Crippen molar-refractivity contribution in [2.45, 2.75) is 12.5 Å². The van der Waals surface area contributed by atoms with Gasteiger partial charge in [-0.3, -0.25) is 0 Å². The summed E-state index contributed by atoms with van der Waals surface area (Å²) >= 11 is 0. The molecular formula is C6H12O4P+. The molecule has 3 unspecified atom stereocenters. The highest BCUT2D eigenvalue weighted by molar-refractivity contribution is 7.38. The Balaban J connectivity index is 2.37. The molecule has 0 aromatic rings. The van der Waals surface area contributed by atoms with Crippen molar-refractivity contribution in [3.05, 3.63) is 0 Å². The van der Waals surface area contributed by atoms with Gasteiger partial charge in [-0.1, -0.05) is 0 Å². The molecule has 0 spiro atoms. The summed E-state index contributed by atoms with van der Waals surface area (Å²) in [5, 5.41) is 8.75. The number of aliphatic hydroxyl groups is 1. The average Bonchev–Trinajstić information content (AvgIpc) is 2.34. The first kappa shape index (κ1) is 9.07. The van der Waals surface area contributed by atoms with Crippen LogP contribution in [0.25, 0.3) is 0 Å². The van der Waals surface area contributed by atoms with Crippen LogP contribution in [0.15, 0.2) is 0 Å². The summed E-state index contributed by atoms with van der Waals surface area (Å²) in [6, 6.07) is 0. The molecule has 64 valence electrons. The SMILES string of the molecule is O=[P+](O)CC1CCOC1CO. The Morgan fingerprint density at radius 2 is 2.36 bits per heavy atom. The Morgan fingerprint density at radius 1 is 1.64 bits per heavy atom. The first-order chi connectivity index (χ1) is 5.24.